The van der Waals surface area contributed by atoms with Crippen LogP contribution in [-0.4, -0.2) is 45.7 Å². The van der Waals surface area contributed by atoms with E-state index in [4.69, 9.17) is 5.73 Å². The van der Waals surface area contributed by atoms with Gasteiger partial charge in [-0.1, -0.05) is 0 Å². The number of carbonyl (C=O) groups is 1. The lowest BCUT2D eigenvalue weighted by Crippen LogP contribution is -2.48. The van der Waals surface area contributed by atoms with Gasteiger partial charge in [-0.3, -0.25) is 4.98 Å². The molecule has 7 nitrogen and oxygen atoms in total. The van der Waals surface area contributed by atoms with Crippen LogP contribution >= 0.6 is 0 Å². The maximum Gasteiger partial charge on any atom is 0.337 e. The van der Waals surface area contributed by atoms with Crippen LogP contribution in [0.1, 0.15) is 46.4 Å². The van der Waals surface area contributed by atoms with Gasteiger partial charge in [0.15, 0.2) is 0 Å². The molecule has 1 saturated carbocycles. The summed E-state index contributed by atoms with van der Waals surface area (Å²) in [5.74, 6) is 0.00689. The summed E-state index contributed by atoms with van der Waals surface area (Å²) in [6.45, 7) is 0. The zero-order chi connectivity index (χ0) is 21.8. The first kappa shape index (κ1) is 19.8. The Morgan fingerprint density at radius 2 is 2.03 bits per heavy atom. The van der Waals surface area contributed by atoms with Crippen LogP contribution in [0.3, 0.4) is 0 Å². The third-order valence-corrected chi connectivity index (χ3v) is 6.68. The molecule has 3 aromatic rings. The molecule has 7 heteroatoms. The topological polar surface area (TPSA) is 108 Å². The quantitative estimate of drug-likeness (QED) is 0.587. The van der Waals surface area contributed by atoms with Crippen molar-refractivity contribution < 1.29 is 9.90 Å². The SMILES string of the molecule is CN(C)c1ccc(-c2cc3c(cn2)CCc2c-3[nH]c(CC3(N)CCC3)c2C(=O)O)cn1. The van der Waals surface area contributed by atoms with Gasteiger partial charge >= 0.3 is 5.97 Å². The molecule has 160 valence electrons. The first-order valence-electron chi connectivity index (χ1n) is 10.7. The average Bonchev–Trinajstić information content (AvgIpc) is 3.10. The minimum Gasteiger partial charge on any atom is -0.478 e. The van der Waals surface area contributed by atoms with E-state index >= 15 is 0 Å². The van der Waals surface area contributed by atoms with Crippen molar-refractivity contribution in [3.63, 3.8) is 0 Å². The minimum absolute atomic E-state index is 0.288. The van der Waals surface area contributed by atoms with Crippen LogP contribution in [0.25, 0.3) is 22.5 Å². The fraction of sp³-hybridized carbons (Fsp3) is 0.375. The number of nitrogens with two attached hydrogens (primary N) is 1. The summed E-state index contributed by atoms with van der Waals surface area (Å²) in [6, 6.07) is 6.03. The second kappa shape index (κ2) is 7.20. The number of aryl methyl sites for hydroxylation is 1. The van der Waals surface area contributed by atoms with Crippen molar-refractivity contribution >= 4 is 11.8 Å². The summed E-state index contributed by atoms with van der Waals surface area (Å²) < 4.78 is 0. The van der Waals surface area contributed by atoms with Gasteiger partial charge in [0.25, 0.3) is 0 Å². The zero-order valence-electron chi connectivity index (χ0n) is 17.9. The van der Waals surface area contributed by atoms with E-state index in [1.165, 1.54) is 0 Å². The van der Waals surface area contributed by atoms with E-state index in [-0.39, 0.29) is 5.54 Å². The molecule has 0 atom stereocenters. The number of pyridine rings is 2. The Labute approximate surface area is 181 Å². The number of aromatic nitrogens is 3. The Balaban J connectivity index is 1.57. The van der Waals surface area contributed by atoms with Crippen LogP contribution in [0.15, 0.2) is 30.6 Å². The highest BCUT2D eigenvalue weighted by molar-refractivity contribution is 5.95. The van der Waals surface area contributed by atoms with Gasteiger partial charge in [-0.25, -0.2) is 9.78 Å². The van der Waals surface area contributed by atoms with Crippen molar-refractivity contribution in [2.75, 3.05) is 19.0 Å². The first-order chi connectivity index (χ1) is 14.8. The summed E-state index contributed by atoms with van der Waals surface area (Å²) in [5.41, 5.74) is 13.0. The molecule has 2 aliphatic rings. The number of anilines is 1. The second-order valence-corrected chi connectivity index (χ2v) is 9.06. The predicted octanol–water partition coefficient (Wildman–Crippen LogP) is 3.43. The molecule has 4 N–H and O–H groups in total. The molecule has 0 aliphatic heterocycles. The lowest BCUT2D eigenvalue weighted by Gasteiger charge is -2.38. The monoisotopic (exact) mass is 417 g/mol. The Kier molecular flexibility index (Phi) is 4.59. The Bertz CT molecular complexity index is 1160. The van der Waals surface area contributed by atoms with Crippen LogP contribution in [0.2, 0.25) is 0 Å². The van der Waals surface area contributed by atoms with Gasteiger partial charge in [-0.05, 0) is 61.4 Å². The molecular weight excluding hydrogens is 390 g/mol. The van der Waals surface area contributed by atoms with Crippen molar-refractivity contribution in [3.8, 4) is 22.5 Å². The number of hydrogen-bond acceptors (Lipinski definition) is 5. The van der Waals surface area contributed by atoms with E-state index in [0.717, 1.165) is 70.8 Å². The molecule has 0 radical (unpaired) electrons. The number of H-pyrrole nitrogens is 1. The van der Waals surface area contributed by atoms with E-state index in [1.54, 1.807) is 0 Å². The van der Waals surface area contributed by atoms with Gasteiger partial charge in [0.05, 0.1) is 17.0 Å². The van der Waals surface area contributed by atoms with Gasteiger partial charge in [-0.2, -0.15) is 0 Å². The molecule has 31 heavy (non-hydrogen) atoms. The maximum absolute atomic E-state index is 12.1. The largest absolute Gasteiger partial charge is 0.478 e. The molecule has 0 spiro atoms. The Hall–Kier alpha value is -3.19. The molecule has 3 aromatic heterocycles. The zero-order valence-corrected chi connectivity index (χ0v) is 17.9. The summed E-state index contributed by atoms with van der Waals surface area (Å²) >= 11 is 0. The van der Waals surface area contributed by atoms with Gasteiger partial charge in [0.1, 0.15) is 5.82 Å². The maximum atomic E-state index is 12.1. The van der Waals surface area contributed by atoms with Crippen molar-refractivity contribution in [1.82, 2.24) is 15.0 Å². The Morgan fingerprint density at radius 1 is 1.23 bits per heavy atom. The number of carboxylic acids is 1. The van der Waals surface area contributed by atoms with Crippen LogP contribution in [0.4, 0.5) is 5.82 Å². The number of aromatic carboxylic acids is 1. The van der Waals surface area contributed by atoms with Crippen LogP contribution < -0.4 is 10.6 Å². The predicted molar refractivity (Wildman–Crippen MR) is 120 cm³/mol. The molecule has 0 bridgehead atoms. The van der Waals surface area contributed by atoms with Crippen molar-refractivity contribution in [1.29, 1.82) is 0 Å². The van der Waals surface area contributed by atoms with Crippen LogP contribution in [0, 0.1) is 0 Å². The van der Waals surface area contributed by atoms with Crippen molar-refractivity contribution in [2.45, 2.75) is 44.1 Å². The Morgan fingerprint density at radius 3 is 2.65 bits per heavy atom. The third-order valence-electron chi connectivity index (χ3n) is 6.68. The molecule has 1 fully saturated rings. The van der Waals surface area contributed by atoms with E-state index in [1.807, 2.05) is 49.6 Å². The third kappa shape index (κ3) is 3.39. The van der Waals surface area contributed by atoms with Gasteiger partial charge in [0, 0.05) is 55.3 Å². The number of carboxylic acid groups (broad SMARTS) is 1. The molecule has 5 rings (SSSR count). The number of nitrogens with one attached hydrogen (secondary N) is 1. The summed E-state index contributed by atoms with van der Waals surface area (Å²) in [4.78, 5) is 26.7. The smallest absolute Gasteiger partial charge is 0.337 e. The van der Waals surface area contributed by atoms with E-state index in [0.29, 0.717) is 18.4 Å². The first-order valence-corrected chi connectivity index (χ1v) is 10.7. The van der Waals surface area contributed by atoms with Gasteiger partial charge in [-0.15, -0.1) is 0 Å². The fourth-order valence-electron chi connectivity index (χ4n) is 4.76. The summed E-state index contributed by atoms with van der Waals surface area (Å²) in [7, 11) is 3.91. The van der Waals surface area contributed by atoms with E-state index in [9.17, 15) is 9.90 Å². The lowest BCUT2D eigenvalue weighted by atomic mass is 9.74. The fourth-order valence-corrected chi connectivity index (χ4v) is 4.76. The number of rotatable bonds is 5. The van der Waals surface area contributed by atoms with Crippen LogP contribution in [-0.2, 0) is 19.3 Å². The number of hydrogen-bond donors (Lipinski definition) is 3. The van der Waals surface area contributed by atoms with E-state index < -0.39 is 5.97 Å². The highest BCUT2D eigenvalue weighted by Crippen LogP contribution is 2.40. The lowest BCUT2D eigenvalue weighted by molar-refractivity contribution is 0.0694. The number of aromatic amines is 1. The molecule has 0 unspecified atom stereocenters. The minimum atomic E-state index is -0.878. The average molecular weight is 418 g/mol. The number of fused-ring (bicyclic) bond motifs is 3. The molecule has 3 heterocycles. The molecule has 0 amide bonds. The van der Waals surface area contributed by atoms with Gasteiger partial charge in [0.2, 0.25) is 0 Å². The molecule has 2 aliphatic carbocycles. The van der Waals surface area contributed by atoms with Gasteiger partial charge < -0.3 is 20.7 Å². The molecule has 0 aromatic carbocycles. The second-order valence-electron chi connectivity index (χ2n) is 9.06. The molecule has 0 saturated heterocycles. The standard InChI is InChI=1S/C24H27N5O2/c1-29(2)20-7-5-15(13-27-20)18-10-17-14(12-26-18)4-6-16-21(23(30)31)19(28-22(16)17)11-24(25)8-3-9-24/h5,7,10,12-13,28H,3-4,6,8-9,11,25H2,1-2H3,(H,30,31). The van der Waals surface area contributed by atoms with Crippen molar-refractivity contribution in [3.05, 3.63) is 53.0 Å². The highest BCUT2D eigenvalue weighted by Gasteiger charge is 2.36. The van der Waals surface area contributed by atoms with Crippen LogP contribution in [0.5, 0.6) is 0 Å². The summed E-state index contributed by atoms with van der Waals surface area (Å²) in [6.07, 6.45) is 8.77. The van der Waals surface area contributed by atoms with Crippen molar-refractivity contribution in [2.24, 2.45) is 5.73 Å². The van der Waals surface area contributed by atoms with E-state index in [2.05, 4.69) is 15.0 Å². The molecular formula is C24H27N5O2. The highest BCUT2D eigenvalue weighted by atomic mass is 16.4. The summed E-state index contributed by atoms with van der Waals surface area (Å²) in [5, 5.41) is 9.96. The normalized spacial score (nSPS) is 16.2. The number of nitrogens with zero attached hydrogens (tertiary/aromatic N) is 3.